The smallest absolute Gasteiger partial charge is 0.241 e. The monoisotopic (exact) mass is 316 g/mol. The largest absolute Gasteiger partial charge is 0.418 e. The quantitative estimate of drug-likeness (QED) is 0.710. The van der Waals surface area contributed by atoms with E-state index in [1.165, 1.54) is 11.8 Å². The molecule has 3 aromatic rings. The molecule has 0 amide bonds. The lowest BCUT2D eigenvalue weighted by Crippen LogP contribution is -1.90. The van der Waals surface area contributed by atoms with Crippen LogP contribution in [0.2, 0.25) is 0 Å². The summed E-state index contributed by atoms with van der Waals surface area (Å²) in [4.78, 5) is 8.44. The molecule has 24 heavy (non-hydrogen) atoms. The number of hydrogen-bond acceptors (Lipinski definition) is 5. The highest BCUT2D eigenvalue weighted by atomic mass is 16.4. The van der Waals surface area contributed by atoms with E-state index < -0.39 is 0 Å². The number of hydrogen-bond donors (Lipinski definition) is 1. The predicted molar refractivity (Wildman–Crippen MR) is 94.1 cm³/mol. The summed E-state index contributed by atoms with van der Waals surface area (Å²) in [6.45, 7) is 4.03. The Morgan fingerprint density at radius 1 is 1.04 bits per heavy atom. The number of nitrogens with zero attached hydrogens (tertiary/aromatic N) is 3. The molecule has 0 bridgehead atoms. The molecule has 0 aliphatic rings. The van der Waals surface area contributed by atoms with Gasteiger partial charge in [-0.1, -0.05) is 35.4 Å². The maximum absolute atomic E-state index is 9.21. The Balaban J connectivity index is 1.81. The molecular formula is C19H16N4O. The fourth-order valence-electron chi connectivity index (χ4n) is 2.08. The second kappa shape index (κ2) is 6.80. The third-order valence-electron chi connectivity index (χ3n) is 3.42. The molecule has 5 heteroatoms. The summed E-state index contributed by atoms with van der Waals surface area (Å²) in [5.74, 6) is 0.591. The molecule has 1 heterocycles. The van der Waals surface area contributed by atoms with E-state index in [0.29, 0.717) is 5.88 Å². The molecule has 0 saturated carbocycles. The van der Waals surface area contributed by atoms with Crippen molar-refractivity contribution in [3.63, 3.8) is 0 Å². The van der Waals surface area contributed by atoms with Crippen LogP contribution < -0.4 is 5.32 Å². The van der Waals surface area contributed by atoms with Gasteiger partial charge < -0.3 is 9.73 Å². The lowest BCUT2D eigenvalue weighted by atomic mass is 10.2. The lowest BCUT2D eigenvalue weighted by Gasteiger charge is -2.02. The van der Waals surface area contributed by atoms with Gasteiger partial charge in [-0.15, -0.1) is 0 Å². The predicted octanol–water partition coefficient (Wildman–Crippen LogP) is 4.66. The fourth-order valence-corrected chi connectivity index (χ4v) is 2.08. The Kier molecular flexibility index (Phi) is 4.39. The van der Waals surface area contributed by atoms with Crippen LogP contribution in [0.1, 0.15) is 22.7 Å². The summed E-state index contributed by atoms with van der Waals surface area (Å²) < 4.78 is 5.59. The number of rotatable bonds is 4. The molecule has 2 aromatic carbocycles. The van der Waals surface area contributed by atoms with Gasteiger partial charge in [0.05, 0.1) is 11.9 Å². The molecule has 0 radical (unpaired) electrons. The number of nitriles is 1. The highest BCUT2D eigenvalue weighted by Crippen LogP contribution is 2.22. The minimum absolute atomic E-state index is 0.195. The van der Waals surface area contributed by atoms with E-state index in [1.807, 2.05) is 68.4 Å². The normalized spacial score (nSPS) is 10.7. The first-order chi connectivity index (χ1) is 11.6. The van der Waals surface area contributed by atoms with Crippen LogP contribution in [0.5, 0.6) is 0 Å². The van der Waals surface area contributed by atoms with E-state index in [4.69, 9.17) is 4.42 Å². The zero-order valence-electron chi connectivity index (χ0n) is 13.4. The van der Waals surface area contributed by atoms with Gasteiger partial charge in [-0.25, -0.2) is 0 Å². The molecule has 5 nitrogen and oxygen atoms in total. The summed E-state index contributed by atoms with van der Waals surface area (Å²) in [7, 11) is 0. The minimum Gasteiger partial charge on any atom is -0.418 e. The van der Waals surface area contributed by atoms with E-state index in [2.05, 4.69) is 15.3 Å². The Bertz CT molecular complexity index is 900. The summed E-state index contributed by atoms with van der Waals surface area (Å²) in [5.41, 5.74) is 4.15. The van der Waals surface area contributed by atoms with Gasteiger partial charge in [0, 0.05) is 5.69 Å². The number of anilines is 2. The molecule has 0 spiro atoms. The number of oxazole rings is 1. The molecule has 1 N–H and O–H groups in total. The van der Waals surface area contributed by atoms with Crippen LogP contribution in [0.15, 0.2) is 57.9 Å². The number of aryl methyl sites for hydroxylation is 2. The van der Waals surface area contributed by atoms with Crippen LogP contribution in [-0.4, -0.2) is 11.2 Å². The Labute approximate surface area is 140 Å². The molecule has 0 aliphatic carbocycles. The van der Waals surface area contributed by atoms with E-state index in [9.17, 15) is 5.26 Å². The second-order valence-electron chi connectivity index (χ2n) is 5.43. The van der Waals surface area contributed by atoms with Crippen molar-refractivity contribution >= 4 is 23.5 Å². The Morgan fingerprint density at radius 3 is 2.29 bits per heavy atom. The van der Waals surface area contributed by atoms with Crippen LogP contribution >= 0.6 is 0 Å². The molecule has 0 unspecified atom stereocenters. The first-order valence-corrected chi connectivity index (χ1v) is 7.49. The van der Waals surface area contributed by atoms with Gasteiger partial charge in [0.1, 0.15) is 6.07 Å². The molecule has 3 rings (SSSR count). The molecular weight excluding hydrogens is 300 g/mol. The number of benzene rings is 2. The third-order valence-corrected chi connectivity index (χ3v) is 3.42. The summed E-state index contributed by atoms with van der Waals surface area (Å²) in [5, 5.41) is 12.3. The van der Waals surface area contributed by atoms with Crippen molar-refractivity contribution in [3.8, 4) is 6.07 Å². The number of aliphatic imine (C=N–C) groups is 1. The van der Waals surface area contributed by atoms with Crippen LogP contribution in [0.4, 0.5) is 17.3 Å². The van der Waals surface area contributed by atoms with Crippen molar-refractivity contribution < 1.29 is 4.42 Å². The molecule has 0 saturated heterocycles. The van der Waals surface area contributed by atoms with E-state index in [0.717, 1.165) is 16.9 Å². The number of aromatic nitrogens is 1. The third kappa shape index (κ3) is 3.68. The van der Waals surface area contributed by atoms with Crippen LogP contribution in [0, 0.1) is 25.2 Å². The van der Waals surface area contributed by atoms with Crippen molar-refractivity contribution in [3.05, 3.63) is 71.2 Å². The van der Waals surface area contributed by atoms with Crippen LogP contribution in [0.3, 0.4) is 0 Å². The van der Waals surface area contributed by atoms with Crippen LogP contribution in [-0.2, 0) is 0 Å². The Morgan fingerprint density at radius 2 is 1.67 bits per heavy atom. The van der Waals surface area contributed by atoms with Crippen LogP contribution in [0.25, 0.3) is 0 Å². The molecule has 0 atom stereocenters. The SMILES string of the molecule is Cc1ccc(N=Cc2nc(C#N)c(Nc3ccc(C)cc3)o2)cc1. The summed E-state index contributed by atoms with van der Waals surface area (Å²) >= 11 is 0. The lowest BCUT2D eigenvalue weighted by molar-refractivity contribution is 0.566. The molecule has 0 aliphatic heterocycles. The van der Waals surface area contributed by atoms with Gasteiger partial charge in [-0.2, -0.15) is 10.2 Å². The maximum Gasteiger partial charge on any atom is 0.241 e. The van der Waals surface area contributed by atoms with E-state index in [1.54, 1.807) is 0 Å². The van der Waals surface area contributed by atoms with Crippen molar-refractivity contribution in [2.24, 2.45) is 4.99 Å². The van der Waals surface area contributed by atoms with Crippen molar-refractivity contribution in [1.82, 2.24) is 4.98 Å². The van der Waals surface area contributed by atoms with Crippen molar-refractivity contribution in [2.75, 3.05) is 5.32 Å². The maximum atomic E-state index is 9.21. The average molecular weight is 316 g/mol. The molecule has 0 fully saturated rings. The zero-order chi connectivity index (χ0) is 16.9. The Hall–Kier alpha value is -3.39. The standard InChI is InChI=1S/C19H16N4O/c1-13-3-7-15(8-4-13)21-12-18-23-17(11-20)19(24-18)22-16-9-5-14(2)6-10-16/h3-10,12,22H,1-2H3. The highest BCUT2D eigenvalue weighted by Gasteiger charge is 2.12. The number of nitrogens with one attached hydrogen (secondary N) is 1. The fraction of sp³-hybridized carbons (Fsp3) is 0.105. The van der Waals surface area contributed by atoms with Gasteiger partial charge in [0.2, 0.25) is 17.5 Å². The topological polar surface area (TPSA) is 74.2 Å². The van der Waals surface area contributed by atoms with Gasteiger partial charge in [0.15, 0.2) is 0 Å². The van der Waals surface area contributed by atoms with Gasteiger partial charge in [0.25, 0.3) is 0 Å². The van der Waals surface area contributed by atoms with Gasteiger partial charge >= 0.3 is 0 Å². The first kappa shape index (κ1) is 15.5. The highest BCUT2D eigenvalue weighted by molar-refractivity contribution is 5.78. The second-order valence-corrected chi connectivity index (χ2v) is 5.43. The van der Waals surface area contributed by atoms with Crippen molar-refractivity contribution in [2.45, 2.75) is 13.8 Å². The minimum atomic E-state index is 0.195. The summed E-state index contributed by atoms with van der Waals surface area (Å²) in [6.07, 6.45) is 1.51. The van der Waals surface area contributed by atoms with Gasteiger partial charge in [-0.3, -0.25) is 4.99 Å². The van der Waals surface area contributed by atoms with Gasteiger partial charge in [-0.05, 0) is 38.1 Å². The molecule has 118 valence electrons. The van der Waals surface area contributed by atoms with E-state index in [-0.39, 0.29) is 11.6 Å². The average Bonchev–Trinajstić information content (AvgIpc) is 2.98. The zero-order valence-corrected chi connectivity index (χ0v) is 13.4. The van der Waals surface area contributed by atoms with Crippen molar-refractivity contribution in [1.29, 1.82) is 5.26 Å². The summed E-state index contributed by atoms with van der Waals surface area (Å²) in [6, 6.07) is 17.6. The molecule has 1 aromatic heterocycles. The first-order valence-electron chi connectivity index (χ1n) is 7.49. The van der Waals surface area contributed by atoms with E-state index >= 15 is 0 Å².